The van der Waals surface area contributed by atoms with Gasteiger partial charge in [-0.2, -0.15) is 0 Å². The van der Waals surface area contributed by atoms with Gasteiger partial charge in [0.05, 0.1) is 0 Å². The van der Waals surface area contributed by atoms with Gasteiger partial charge in [-0.15, -0.1) is 0 Å². The van der Waals surface area contributed by atoms with Gasteiger partial charge >= 0.3 is 192 Å². The predicted molar refractivity (Wildman–Crippen MR) is 138 cm³/mol. The fourth-order valence-corrected chi connectivity index (χ4v) is 8.86. The van der Waals surface area contributed by atoms with Gasteiger partial charge in [-0.1, -0.05) is 0 Å². The van der Waals surface area contributed by atoms with E-state index in [1.807, 2.05) is 0 Å². The molecule has 0 atom stereocenters. The molecule has 0 saturated heterocycles. The summed E-state index contributed by atoms with van der Waals surface area (Å²) in [6.45, 7) is 11.9. The number of hydrogen-bond donors (Lipinski definition) is 0. The second-order valence-corrected chi connectivity index (χ2v) is 17.1. The van der Waals surface area contributed by atoms with E-state index in [1.165, 1.54) is 41.0 Å². The second-order valence-electron chi connectivity index (χ2n) is 9.89. The van der Waals surface area contributed by atoms with Crippen molar-refractivity contribution in [3.63, 3.8) is 0 Å². The number of benzene rings is 3. The average molecular weight is 488 g/mol. The van der Waals surface area contributed by atoms with Crippen molar-refractivity contribution in [3.05, 3.63) is 66.5 Å². The molecule has 0 unspecified atom stereocenters. The summed E-state index contributed by atoms with van der Waals surface area (Å²) in [5, 5.41) is 5.54. The summed E-state index contributed by atoms with van der Waals surface area (Å²) in [6, 6.07) is 20.3. The van der Waals surface area contributed by atoms with Gasteiger partial charge < -0.3 is 0 Å². The molecule has 0 N–H and O–H groups in total. The molecule has 0 fully saturated rings. The SMILES string of the molecule is CC(C)Cc1cccc2c1[se]c1c(-c3cc([Si](C)(C)C)c4ccccc4c3)ncnc12. The quantitative estimate of drug-likeness (QED) is 0.274. The zero-order valence-electron chi connectivity index (χ0n) is 18.9. The molecule has 0 saturated carbocycles. The van der Waals surface area contributed by atoms with Crippen molar-refractivity contribution in [1.29, 1.82) is 0 Å². The van der Waals surface area contributed by atoms with Crippen LogP contribution >= 0.6 is 0 Å². The van der Waals surface area contributed by atoms with Crippen molar-refractivity contribution < 1.29 is 0 Å². The van der Waals surface area contributed by atoms with E-state index in [4.69, 9.17) is 9.97 Å². The zero-order valence-corrected chi connectivity index (χ0v) is 21.6. The van der Waals surface area contributed by atoms with E-state index in [0.29, 0.717) is 5.92 Å². The number of nitrogens with zero attached hydrogens (tertiary/aromatic N) is 2. The number of hydrogen-bond acceptors (Lipinski definition) is 2. The van der Waals surface area contributed by atoms with Gasteiger partial charge in [-0.3, -0.25) is 0 Å². The fourth-order valence-electron chi connectivity index (χ4n) is 4.53. The molecule has 5 rings (SSSR count). The molecule has 0 spiro atoms. The van der Waals surface area contributed by atoms with E-state index < -0.39 is 8.07 Å². The maximum absolute atomic E-state index is 4.84. The molecule has 0 aliphatic carbocycles. The molecular weight excluding hydrogens is 459 g/mol. The summed E-state index contributed by atoms with van der Waals surface area (Å²) >= 11 is 0.234. The molecule has 0 amide bonds. The van der Waals surface area contributed by atoms with Crippen LogP contribution in [0.25, 0.3) is 41.5 Å². The first-order chi connectivity index (χ1) is 14.8. The summed E-state index contributed by atoms with van der Waals surface area (Å²) in [5.74, 6) is 0.649. The molecule has 0 radical (unpaired) electrons. The second kappa shape index (κ2) is 7.70. The van der Waals surface area contributed by atoms with Crippen LogP contribution < -0.4 is 5.19 Å². The third kappa shape index (κ3) is 3.67. The van der Waals surface area contributed by atoms with E-state index in [0.717, 1.165) is 17.6 Å². The predicted octanol–water partition coefficient (Wildman–Crippen LogP) is 6.40. The molecule has 156 valence electrons. The third-order valence-corrected chi connectivity index (χ3v) is 10.6. The average Bonchev–Trinajstić information content (AvgIpc) is 3.12. The van der Waals surface area contributed by atoms with Gasteiger partial charge in [0.2, 0.25) is 0 Å². The van der Waals surface area contributed by atoms with Crippen LogP contribution in [-0.4, -0.2) is 32.5 Å². The van der Waals surface area contributed by atoms with E-state index in [1.54, 1.807) is 6.33 Å². The third-order valence-electron chi connectivity index (χ3n) is 5.93. The standard InChI is InChI=1S/C27H28N2SeSi/c1-17(2)13-19-10-8-12-22-25-27(30-26(19)22)24(28-16-29-25)20-14-18-9-6-7-11-21(18)23(15-20)31(3,4)5/h6-12,14-17H,13H2,1-5H3. The maximum atomic E-state index is 4.84. The normalized spacial score (nSPS) is 12.5. The zero-order chi connectivity index (χ0) is 21.8. The molecule has 4 heteroatoms. The molecule has 31 heavy (non-hydrogen) atoms. The molecule has 5 aromatic rings. The molecular formula is C27H28N2SeSi. The summed E-state index contributed by atoms with van der Waals surface area (Å²) in [5.41, 5.74) is 5.00. The minimum atomic E-state index is -1.52. The van der Waals surface area contributed by atoms with Crippen LogP contribution in [-0.2, 0) is 6.42 Å². The van der Waals surface area contributed by atoms with Crippen molar-refractivity contribution in [3.8, 4) is 11.3 Å². The van der Waals surface area contributed by atoms with E-state index in [-0.39, 0.29) is 14.5 Å². The molecule has 2 aromatic heterocycles. The van der Waals surface area contributed by atoms with Gasteiger partial charge in [0.25, 0.3) is 0 Å². The van der Waals surface area contributed by atoms with Crippen LogP contribution in [0.3, 0.4) is 0 Å². The number of rotatable bonds is 4. The van der Waals surface area contributed by atoms with E-state index in [2.05, 4.69) is 88.1 Å². The fraction of sp³-hybridized carbons (Fsp3) is 0.259. The summed E-state index contributed by atoms with van der Waals surface area (Å²) in [6.07, 6.45) is 2.88. The van der Waals surface area contributed by atoms with Crippen LogP contribution in [0, 0.1) is 5.92 Å². The Balaban J connectivity index is 1.81. The topological polar surface area (TPSA) is 25.8 Å². The van der Waals surface area contributed by atoms with Crippen LogP contribution in [0.5, 0.6) is 0 Å². The summed E-state index contributed by atoms with van der Waals surface area (Å²) < 4.78 is 2.85. The molecule has 0 aliphatic heterocycles. The van der Waals surface area contributed by atoms with E-state index >= 15 is 0 Å². The van der Waals surface area contributed by atoms with E-state index in [9.17, 15) is 0 Å². The summed E-state index contributed by atoms with van der Waals surface area (Å²) in [7, 11) is -1.52. The van der Waals surface area contributed by atoms with Crippen LogP contribution in [0.2, 0.25) is 19.6 Å². The van der Waals surface area contributed by atoms with Crippen molar-refractivity contribution in [2.24, 2.45) is 5.92 Å². The first-order valence-electron chi connectivity index (χ1n) is 11.0. The Hall–Kier alpha value is -2.26. The van der Waals surface area contributed by atoms with Crippen molar-refractivity contribution in [1.82, 2.24) is 9.97 Å². The van der Waals surface area contributed by atoms with Gasteiger partial charge in [0.1, 0.15) is 0 Å². The molecule has 3 aromatic carbocycles. The first kappa shape index (κ1) is 20.6. The summed E-state index contributed by atoms with van der Waals surface area (Å²) in [4.78, 5) is 9.60. The number of fused-ring (bicyclic) bond motifs is 4. The Morgan fingerprint density at radius 1 is 0.871 bits per heavy atom. The Labute approximate surface area is 191 Å². The van der Waals surface area contributed by atoms with Crippen LogP contribution in [0.1, 0.15) is 19.4 Å². The molecule has 2 nitrogen and oxygen atoms in total. The Bertz CT molecular complexity index is 1430. The van der Waals surface area contributed by atoms with Gasteiger partial charge in [0, 0.05) is 0 Å². The Morgan fingerprint density at radius 3 is 2.42 bits per heavy atom. The van der Waals surface area contributed by atoms with Crippen LogP contribution in [0.15, 0.2) is 60.9 Å². The first-order valence-corrected chi connectivity index (χ1v) is 16.2. The monoisotopic (exact) mass is 488 g/mol. The van der Waals surface area contributed by atoms with Crippen molar-refractivity contribution in [2.75, 3.05) is 0 Å². The van der Waals surface area contributed by atoms with Gasteiger partial charge in [0.15, 0.2) is 0 Å². The van der Waals surface area contributed by atoms with Crippen molar-refractivity contribution in [2.45, 2.75) is 39.9 Å². The molecule has 0 bridgehead atoms. The minimum absolute atomic E-state index is 0.234. The number of aromatic nitrogens is 2. The Morgan fingerprint density at radius 2 is 1.65 bits per heavy atom. The van der Waals surface area contributed by atoms with Crippen molar-refractivity contribution >= 4 is 58.0 Å². The van der Waals surface area contributed by atoms with Gasteiger partial charge in [-0.25, -0.2) is 0 Å². The Kier molecular flexibility index (Phi) is 5.13. The molecule has 0 aliphatic rings. The van der Waals surface area contributed by atoms with Gasteiger partial charge in [-0.05, 0) is 0 Å². The van der Waals surface area contributed by atoms with Crippen LogP contribution in [0.4, 0.5) is 0 Å². The molecule has 2 heterocycles.